The molecule has 2 heterocycles. The molecule has 10 heavy (non-hydrogen) atoms. The van der Waals surface area contributed by atoms with Crippen molar-refractivity contribution in [2.45, 2.75) is 37.8 Å². The summed E-state index contributed by atoms with van der Waals surface area (Å²) in [5.74, 6) is 0. The van der Waals surface area contributed by atoms with E-state index in [9.17, 15) is 0 Å². The van der Waals surface area contributed by atoms with Crippen LogP contribution in [0.4, 0.5) is 0 Å². The zero-order valence-corrected chi connectivity index (χ0v) is 6.42. The van der Waals surface area contributed by atoms with Gasteiger partial charge in [0.15, 0.2) is 0 Å². The van der Waals surface area contributed by atoms with E-state index < -0.39 is 0 Å². The third-order valence-electron chi connectivity index (χ3n) is 2.91. The van der Waals surface area contributed by atoms with Crippen LogP contribution in [0.3, 0.4) is 0 Å². The van der Waals surface area contributed by atoms with Crippen molar-refractivity contribution in [3.63, 3.8) is 0 Å². The van der Waals surface area contributed by atoms with Crippen LogP contribution < -0.4 is 5.73 Å². The van der Waals surface area contributed by atoms with Crippen molar-refractivity contribution < 1.29 is 0 Å². The molecule has 0 aromatic rings. The van der Waals surface area contributed by atoms with Crippen LogP contribution in [0.25, 0.3) is 0 Å². The summed E-state index contributed by atoms with van der Waals surface area (Å²) < 4.78 is 0. The molecule has 2 atom stereocenters. The molecule has 0 saturated carbocycles. The lowest BCUT2D eigenvalue weighted by molar-refractivity contribution is 0.189. The summed E-state index contributed by atoms with van der Waals surface area (Å²) >= 11 is 0. The van der Waals surface area contributed by atoms with Crippen molar-refractivity contribution in [2.75, 3.05) is 13.1 Å². The average molecular weight is 140 g/mol. The molecule has 2 nitrogen and oxygen atoms in total. The van der Waals surface area contributed by atoms with Gasteiger partial charge in [-0.15, -0.1) is 0 Å². The van der Waals surface area contributed by atoms with E-state index in [0.717, 1.165) is 6.04 Å². The Balaban J connectivity index is 2.01. The fourth-order valence-corrected chi connectivity index (χ4v) is 2.29. The first-order valence-corrected chi connectivity index (χ1v) is 4.37. The van der Waals surface area contributed by atoms with Crippen LogP contribution in [0.5, 0.6) is 0 Å². The first kappa shape index (κ1) is 6.62. The van der Waals surface area contributed by atoms with Gasteiger partial charge in [0.2, 0.25) is 0 Å². The third-order valence-corrected chi connectivity index (χ3v) is 2.91. The van der Waals surface area contributed by atoms with Crippen LogP contribution in [-0.2, 0) is 0 Å². The van der Waals surface area contributed by atoms with Crippen molar-refractivity contribution in [3.05, 3.63) is 0 Å². The minimum atomic E-state index is 0.486. The van der Waals surface area contributed by atoms with Crippen LogP contribution >= 0.6 is 0 Å². The summed E-state index contributed by atoms with van der Waals surface area (Å²) in [4.78, 5) is 2.56. The van der Waals surface area contributed by atoms with E-state index in [1.54, 1.807) is 0 Å². The second-order valence-electron chi connectivity index (χ2n) is 3.55. The Hall–Kier alpha value is -0.0800. The van der Waals surface area contributed by atoms with Crippen LogP contribution in [-0.4, -0.2) is 30.1 Å². The highest BCUT2D eigenvalue weighted by Crippen LogP contribution is 2.25. The Kier molecular flexibility index (Phi) is 1.66. The summed E-state index contributed by atoms with van der Waals surface area (Å²) in [6.45, 7) is 2.56. The fourth-order valence-electron chi connectivity index (χ4n) is 2.29. The normalized spacial score (nSPS) is 41.7. The number of nitrogens with zero attached hydrogens (tertiary/aromatic N) is 1. The number of hydrogen-bond acceptors (Lipinski definition) is 2. The molecule has 2 aliphatic heterocycles. The summed E-state index contributed by atoms with van der Waals surface area (Å²) in [5.41, 5.74) is 5.95. The van der Waals surface area contributed by atoms with Gasteiger partial charge in [-0.25, -0.2) is 0 Å². The first-order valence-electron chi connectivity index (χ1n) is 4.37. The Morgan fingerprint density at radius 3 is 2.80 bits per heavy atom. The summed E-state index contributed by atoms with van der Waals surface area (Å²) in [7, 11) is 0. The standard InChI is InChI=1S/C8H16N2/c9-7-4-6-10-5-2-1-3-8(7)10/h7-8H,1-6,9H2/t7-,8-/m1/s1. The van der Waals surface area contributed by atoms with E-state index in [1.807, 2.05) is 0 Å². The Labute approximate surface area is 62.4 Å². The van der Waals surface area contributed by atoms with Gasteiger partial charge in [0.25, 0.3) is 0 Å². The number of piperidine rings is 1. The van der Waals surface area contributed by atoms with E-state index in [4.69, 9.17) is 5.73 Å². The van der Waals surface area contributed by atoms with E-state index in [1.165, 1.54) is 38.8 Å². The Morgan fingerprint density at radius 1 is 1.10 bits per heavy atom. The molecule has 0 aliphatic carbocycles. The van der Waals surface area contributed by atoms with E-state index in [2.05, 4.69) is 4.90 Å². The molecule has 0 spiro atoms. The second kappa shape index (κ2) is 2.51. The van der Waals surface area contributed by atoms with Crippen LogP contribution in [0.15, 0.2) is 0 Å². The van der Waals surface area contributed by atoms with Crippen molar-refractivity contribution in [2.24, 2.45) is 5.73 Å². The summed E-state index contributed by atoms with van der Waals surface area (Å²) in [6.07, 6.45) is 5.36. The lowest BCUT2D eigenvalue weighted by Gasteiger charge is -2.30. The molecule has 0 aromatic carbocycles. The highest BCUT2D eigenvalue weighted by atomic mass is 15.2. The smallest absolute Gasteiger partial charge is 0.0247 e. The number of nitrogens with two attached hydrogens (primary N) is 1. The van der Waals surface area contributed by atoms with Crippen molar-refractivity contribution in [1.82, 2.24) is 4.90 Å². The second-order valence-corrected chi connectivity index (χ2v) is 3.55. The quantitative estimate of drug-likeness (QED) is 0.533. The molecule has 2 saturated heterocycles. The molecular weight excluding hydrogens is 124 g/mol. The lowest BCUT2D eigenvalue weighted by atomic mass is 10.00. The van der Waals surface area contributed by atoms with Gasteiger partial charge in [0.05, 0.1) is 0 Å². The zero-order valence-electron chi connectivity index (χ0n) is 6.42. The predicted molar refractivity (Wildman–Crippen MR) is 41.8 cm³/mol. The van der Waals surface area contributed by atoms with E-state index in [-0.39, 0.29) is 0 Å². The van der Waals surface area contributed by atoms with Gasteiger partial charge in [-0.05, 0) is 25.8 Å². The molecule has 2 N–H and O–H groups in total. The first-order chi connectivity index (χ1) is 4.88. The molecule has 2 heteroatoms. The topological polar surface area (TPSA) is 29.3 Å². The molecule has 2 aliphatic rings. The maximum Gasteiger partial charge on any atom is 0.0247 e. The van der Waals surface area contributed by atoms with Crippen molar-refractivity contribution >= 4 is 0 Å². The monoisotopic (exact) mass is 140 g/mol. The molecule has 0 bridgehead atoms. The van der Waals surface area contributed by atoms with Crippen LogP contribution in [0, 0.1) is 0 Å². The lowest BCUT2D eigenvalue weighted by Crippen LogP contribution is -2.42. The summed E-state index contributed by atoms with van der Waals surface area (Å²) in [5, 5.41) is 0. The van der Waals surface area contributed by atoms with Gasteiger partial charge in [-0.3, -0.25) is 4.90 Å². The maximum atomic E-state index is 5.95. The summed E-state index contributed by atoms with van der Waals surface area (Å²) in [6, 6.07) is 1.23. The molecule has 2 fully saturated rings. The van der Waals surface area contributed by atoms with E-state index in [0.29, 0.717) is 6.04 Å². The minimum absolute atomic E-state index is 0.486. The highest BCUT2D eigenvalue weighted by Gasteiger charge is 2.32. The van der Waals surface area contributed by atoms with Gasteiger partial charge in [0, 0.05) is 18.6 Å². The fraction of sp³-hybridized carbons (Fsp3) is 1.00. The predicted octanol–water partition coefficient (Wildman–Crippen LogP) is 0.572. The highest BCUT2D eigenvalue weighted by molar-refractivity contribution is 4.91. The number of fused-ring (bicyclic) bond motifs is 1. The molecule has 0 aromatic heterocycles. The van der Waals surface area contributed by atoms with E-state index >= 15 is 0 Å². The van der Waals surface area contributed by atoms with Gasteiger partial charge >= 0.3 is 0 Å². The molecule has 2 rings (SSSR count). The zero-order chi connectivity index (χ0) is 6.97. The Morgan fingerprint density at radius 2 is 2.00 bits per heavy atom. The maximum absolute atomic E-state index is 5.95. The van der Waals surface area contributed by atoms with Gasteiger partial charge < -0.3 is 5.73 Å². The largest absolute Gasteiger partial charge is 0.326 e. The van der Waals surface area contributed by atoms with Crippen molar-refractivity contribution in [3.8, 4) is 0 Å². The average Bonchev–Trinajstić information content (AvgIpc) is 2.34. The van der Waals surface area contributed by atoms with Crippen LogP contribution in [0.1, 0.15) is 25.7 Å². The van der Waals surface area contributed by atoms with Gasteiger partial charge in [-0.1, -0.05) is 6.42 Å². The number of hydrogen-bond donors (Lipinski definition) is 1. The number of rotatable bonds is 0. The molecule has 0 unspecified atom stereocenters. The van der Waals surface area contributed by atoms with Gasteiger partial charge in [-0.2, -0.15) is 0 Å². The molecular formula is C8H16N2. The SMILES string of the molecule is N[C@@H]1CCN2CCCC[C@H]12. The molecule has 58 valence electrons. The van der Waals surface area contributed by atoms with Crippen molar-refractivity contribution in [1.29, 1.82) is 0 Å². The molecule has 0 radical (unpaired) electrons. The van der Waals surface area contributed by atoms with Gasteiger partial charge in [0.1, 0.15) is 0 Å². The minimum Gasteiger partial charge on any atom is -0.326 e. The third kappa shape index (κ3) is 0.956. The molecule has 0 amide bonds. The Bertz CT molecular complexity index is 122. The van der Waals surface area contributed by atoms with Crippen LogP contribution in [0.2, 0.25) is 0 Å².